The highest BCUT2D eigenvalue weighted by Gasteiger charge is 2.34. The van der Waals surface area contributed by atoms with E-state index in [4.69, 9.17) is 0 Å². The van der Waals surface area contributed by atoms with Crippen LogP contribution >= 0.6 is 0 Å². The molecule has 18 heavy (non-hydrogen) atoms. The third-order valence-corrected chi connectivity index (χ3v) is 2.80. The van der Waals surface area contributed by atoms with Crippen molar-refractivity contribution in [2.45, 2.75) is 38.9 Å². The van der Waals surface area contributed by atoms with Crippen LogP contribution < -0.4 is 5.32 Å². The molecule has 1 aromatic rings. The van der Waals surface area contributed by atoms with Crippen molar-refractivity contribution >= 4 is 5.91 Å². The minimum atomic E-state index is -4.51. The molecule has 0 heterocycles. The van der Waals surface area contributed by atoms with Gasteiger partial charge in [0.15, 0.2) is 0 Å². The van der Waals surface area contributed by atoms with E-state index in [0.717, 1.165) is 6.07 Å². The van der Waals surface area contributed by atoms with Crippen LogP contribution in [0.4, 0.5) is 13.2 Å². The smallest absolute Gasteiger partial charge is 0.349 e. The SMILES string of the molecule is CCC(CC)NC(=O)c1ccccc1C(F)(F)F. The number of carbonyl (C=O) groups is 1. The highest BCUT2D eigenvalue weighted by molar-refractivity contribution is 5.96. The molecular formula is C13H16F3NO. The Bertz CT molecular complexity index is 411. The van der Waals surface area contributed by atoms with Crippen molar-refractivity contribution in [2.24, 2.45) is 0 Å². The van der Waals surface area contributed by atoms with Crippen molar-refractivity contribution in [3.8, 4) is 0 Å². The number of amides is 1. The van der Waals surface area contributed by atoms with Crippen LogP contribution in [-0.4, -0.2) is 11.9 Å². The van der Waals surface area contributed by atoms with Gasteiger partial charge < -0.3 is 5.32 Å². The molecule has 0 radical (unpaired) electrons. The van der Waals surface area contributed by atoms with Gasteiger partial charge in [-0.05, 0) is 25.0 Å². The zero-order chi connectivity index (χ0) is 13.8. The molecule has 0 saturated heterocycles. The normalized spacial score (nSPS) is 11.7. The van der Waals surface area contributed by atoms with Crippen molar-refractivity contribution in [2.75, 3.05) is 0 Å². The molecule has 2 nitrogen and oxygen atoms in total. The number of halogens is 3. The first kappa shape index (κ1) is 14.5. The lowest BCUT2D eigenvalue weighted by Gasteiger charge is -2.17. The fourth-order valence-corrected chi connectivity index (χ4v) is 1.68. The van der Waals surface area contributed by atoms with Gasteiger partial charge in [0.05, 0.1) is 11.1 Å². The summed E-state index contributed by atoms with van der Waals surface area (Å²) < 4.78 is 38.2. The predicted octanol–water partition coefficient (Wildman–Crippen LogP) is 3.62. The molecule has 0 aliphatic carbocycles. The van der Waals surface area contributed by atoms with Gasteiger partial charge >= 0.3 is 6.18 Å². The van der Waals surface area contributed by atoms with Gasteiger partial charge in [-0.15, -0.1) is 0 Å². The first-order valence-corrected chi connectivity index (χ1v) is 5.87. The standard InChI is InChI=1S/C13H16F3NO/c1-3-9(4-2)17-12(18)10-7-5-6-8-11(10)13(14,15)16/h5-9H,3-4H2,1-2H3,(H,17,18). The van der Waals surface area contributed by atoms with Crippen LogP contribution in [0, 0.1) is 0 Å². The summed E-state index contributed by atoms with van der Waals surface area (Å²) in [6, 6.07) is 4.72. The van der Waals surface area contributed by atoms with Crippen molar-refractivity contribution in [1.82, 2.24) is 5.32 Å². The van der Waals surface area contributed by atoms with E-state index >= 15 is 0 Å². The quantitative estimate of drug-likeness (QED) is 0.879. The van der Waals surface area contributed by atoms with Crippen LogP contribution in [0.25, 0.3) is 0 Å². The van der Waals surface area contributed by atoms with E-state index in [0.29, 0.717) is 12.8 Å². The van der Waals surface area contributed by atoms with Crippen LogP contribution in [0.5, 0.6) is 0 Å². The van der Waals surface area contributed by atoms with Crippen LogP contribution in [0.3, 0.4) is 0 Å². The Morgan fingerprint density at radius 3 is 2.28 bits per heavy atom. The molecule has 5 heteroatoms. The fraction of sp³-hybridized carbons (Fsp3) is 0.462. The first-order valence-electron chi connectivity index (χ1n) is 5.87. The van der Waals surface area contributed by atoms with E-state index in [1.165, 1.54) is 18.2 Å². The number of carbonyl (C=O) groups excluding carboxylic acids is 1. The van der Waals surface area contributed by atoms with Crippen LogP contribution in [-0.2, 0) is 6.18 Å². The molecule has 1 N–H and O–H groups in total. The topological polar surface area (TPSA) is 29.1 Å². The number of alkyl halides is 3. The maximum atomic E-state index is 12.7. The largest absolute Gasteiger partial charge is 0.417 e. The molecule has 0 unspecified atom stereocenters. The van der Waals surface area contributed by atoms with Gasteiger partial charge in [-0.1, -0.05) is 26.0 Å². The average molecular weight is 259 g/mol. The minimum absolute atomic E-state index is 0.0983. The molecule has 100 valence electrons. The van der Waals surface area contributed by atoms with Gasteiger partial charge in [-0.25, -0.2) is 0 Å². The second-order valence-corrected chi connectivity index (χ2v) is 4.03. The van der Waals surface area contributed by atoms with E-state index in [2.05, 4.69) is 5.32 Å². The van der Waals surface area contributed by atoms with Crippen LogP contribution in [0.1, 0.15) is 42.6 Å². The van der Waals surface area contributed by atoms with Crippen molar-refractivity contribution in [1.29, 1.82) is 0 Å². The second kappa shape index (κ2) is 5.89. The molecule has 1 aromatic carbocycles. The molecule has 0 atom stereocenters. The second-order valence-electron chi connectivity index (χ2n) is 4.03. The molecule has 0 spiro atoms. The van der Waals surface area contributed by atoms with Gasteiger partial charge in [-0.2, -0.15) is 13.2 Å². The van der Waals surface area contributed by atoms with Gasteiger partial charge in [0.1, 0.15) is 0 Å². The maximum absolute atomic E-state index is 12.7. The Kier molecular flexibility index (Phi) is 4.76. The fourth-order valence-electron chi connectivity index (χ4n) is 1.68. The Labute approximate surface area is 104 Å². The van der Waals surface area contributed by atoms with Gasteiger partial charge in [0.25, 0.3) is 5.91 Å². The maximum Gasteiger partial charge on any atom is 0.417 e. The molecule has 0 aliphatic rings. The third kappa shape index (κ3) is 3.48. The summed E-state index contributed by atoms with van der Waals surface area (Å²) in [5, 5.41) is 2.61. The number of nitrogens with one attached hydrogen (secondary N) is 1. The molecule has 0 aliphatic heterocycles. The monoisotopic (exact) mass is 259 g/mol. The molecule has 0 saturated carbocycles. The molecule has 1 amide bonds. The van der Waals surface area contributed by atoms with Crippen molar-refractivity contribution in [3.63, 3.8) is 0 Å². The van der Waals surface area contributed by atoms with Crippen molar-refractivity contribution < 1.29 is 18.0 Å². The summed E-state index contributed by atoms with van der Waals surface area (Å²) >= 11 is 0. The Morgan fingerprint density at radius 2 is 1.78 bits per heavy atom. The lowest BCUT2D eigenvalue weighted by molar-refractivity contribution is -0.137. The summed E-state index contributed by atoms with van der Waals surface area (Å²) in [5.41, 5.74) is -1.22. The van der Waals surface area contributed by atoms with E-state index in [-0.39, 0.29) is 11.6 Å². The highest BCUT2D eigenvalue weighted by Crippen LogP contribution is 2.31. The third-order valence-electron chi connectivity index (χ3n) is 2.80. The predicted molar refractivity (Wildman–Crippen MR) is 63.3 cm³/mol. The highest BCUT2D eigenvalue weighted by atomic mass is 19.4. The van der Waals surface area contributed by atoms with Crippen LogP contribution in [0.2, 0.25) is 0 Å². The zero-order valence-electron chi connectivity index (χ0n) is 10.3. The Hall–Kier alpha value is -1.52. The van der Waals surface area contributed by atoms with Crippen LogP contribution in [0.15, 0.2) is 24.3 Å². The number of hydrogen-bond acceptors (Lipinski definition) is 1. The van der Waals surface area contributed by atoms with E-state index in [9.17, 15) is 18.0 Å². The molecule has 0 bridgehead atoms. The summed E-state index contributed by atoms with van der Waals surface area (Å²) in [6.45, 7) is 3.76. The molecule has 0 aromatic heterocycles. The lowest BCUT2D eigenvalue weighted by Crippen LogP contribution is -2.35. The molecule has 1 rings (SSSR count). The van der Waals surface area contributed by atoms with Gasteiger partial charge in [0.2, 0.25) is 0 Å². The summed E-state index contributed by atoms with van der Waals surface area (Å²) in [6.07, 6.45) is -3.13. The first-order chi connectivity index (χ1) is 8.40. The Morgan fingerprint density at radius 1 is 1.22 bits per heavy atom. The number of benzene rings is 1. The summed E-state index contributed by atoms with van der Waals surface area (Å²) in [5.74, 6) is -0.670. The van der Waals surface area contributed by atoms with E-state index in [1.807, 2.05) is 13.8 Å². The van der Waals surface area contributed by atoms with E-state index in [1.54, 1.807) is 0 Å². The van der Waals surface area contributed by atoms with Gasteiger partial charge in [0, 0.05) is 6.04 Å². The number of rotatable bonds is 4. The van der Waals surface area contributed by atoms with Crippen molar-refractivity contribution in [3.05, 3.63) is 35.4 Å². The zero-order valence-corrected chi connectivity index (χ0v) is 10.3. The average Bonchev–Trinajstić information content (AvgIpc) is 2.34. The summed E-state index contributed by atoms with van der Waals surface area (Å²) in [4.78, 5) is 11.8. The minimum Gasteiger partial charge on any atom is -0.349 e. The Balaban J connectivity index is 2.99. The lowest BCUT2D eigenvalue weighted by atomic mass is 10.1. The molecular weight excluding hydrogens is 243 g/mol. The van der Waals surface area contributed by atoms with E-state index < -0.39 is 17.6 Å². The van der Waals surface area contributed by atoms with Gasteiger partial charge in [-0.3, -0.25) is 4.79 Å². The number of hydrogen-bond donors (Lipinski definition) is 1. The molecule has 0 fully saturated rings. The summed E-state index contributed by atoms with van der Waals surface area (Å²) in [7, 11) is 0.